The molecule has 160 valence electrons. The number of carbonyl (C=O) groups is 3. The molecule has 0 radical (unpaired) electrons. The highest BCUT2D eigenvalue weighted by atomic mass is 16.2. The standard InChI is InChI=1S/C24H25N3O3.3H2/c28-21(25-14-24(18-12-13-18)22(29)26-23(30)27-24)20-7-2-1-6-19(20)17-10-8-16(9-11-17)15-4-3-5-15;;;/h1-2,6-11,15,18H,3-5,12-14H2,(H,25,28)(H2,26,27,29,30);3*1H/t24-;;;/m0.../s1. The number of imide groups is 1. The predicted molar refractivity (Wildman–Crippen MR) is 119 cm³/mol. The Morgan fingerprint density at radius 3 is 2.37 bits per heavy atom. The number of urea groups is 1. The molecule has 1 heterocycles. The van der Waals surface area contributed by atoms with E-state index < -0.39 is 11.6 Å². The van der Waals surface area contributed by atoms with Crippen LogP contribution < -0.4 is 16.0 Å². The van der Waals surface area contributed by atoms with Crippen LogP contribution in [0.1, 0.15) is 58.2 Å². The molecule has 5 rings (SSSR count). The van der Waals surface area contributed by atoms with Crippen molar-refractivity contribution in [1.29, 1.82) is 0 Å². The van der Waals surface area contributed by atoms with Crippen LogP contribution in [0.2, 0.25) is 0 Å². The van der Waals surface area contributed by atoms with Gasteiger partial charge in [-0.3, -0.25) is 14.9 Å². The maximum absolute atomic E-state index is 13.0. The van der Waals surface area contributed by atoms with Gasteiger partial charge in [-0.05, 0) is 60.3 Å². The summed E-state index contributed by atoms with van der Waals surface area (Å²) < 4.78 is 0. The molecule has 0 unspecified atom stereocenters. The van der Waals surface area contributed by atoms with Gasteiger partial charge in [0, 0.05) is 9.84 Å². The molecule has 4 amide bonds. The molecule has 2 saturated carbocycles. The summed E-state index contributed by atoms with van der Waals surface area (Å²) in [5.41, 5.74) is 2.74. The zero-order chi connectivity index (χ0) is 20.7. The van der Waals surface area contributed by atoms with E-state index in [0.29, 0.717) is 11.5 Å². The molecule has 1 aliphatic heterocycles. The lowest BCUT2D eigenvalue weighted by molar-refractivity contribution is -0.124. The normalized spacial score (nSPS) is 23.5. The van der Waals surface area contributed by atoms with Crippen molar-refractivity contribution in [2.45, 2.75) is 43.6 Å². The smallest absolute Gasteiger partial charge is 0.322 e. The summed E-state index contributed by atoms with van der Waals surface area (Å²) in [4.78, 5) is 37.1. The van der Waals surface area contributed by atoms with E-state index in [0.717, 1.165) is 24.0 Å². The van der Waals surface area contributed by atoms with Crippen molar-refractivity contribution in [2.75, 3.05) is 6.54 Å². The van der Waals surface area contributed by atoms with Gasteiger partial charge in [0.1, 0.15) is 5.54 Å². The van der Waals surface area contributed by atoms with Crippen LogP contribution in [-0.2, 0) is 4.79 Å². The summed E-state index contributed by atoms with van der Waals surface area (Å²) in [5, 5.41) is 7.96. The SMILES string of the molecule is O=C1NC(=O)[C@](CNC(=O)c2ccccc2-c2ccc(C3CCC3)cc2)(C2CC2)N1.[HH].[HH].[HH]. The minimum Gasteiger partial charge on any atom is -0.349 e. The van der Waals surface area contributed by atoms with Gasteiger partial charge in [-0.1, -0.05) is 48.9 Å². The van der Waals surface area contributed by atoms with Gasteiger partial charge in [-0.25, -0.2) is 4.79 Å². The lowest BCUT2D eigenvalue weighted by Crippen LogP contribution is -2.57. The van der Waals surface area contributed by atoms with Crippen molar-refractivity contribution in [3.63, 3.8) is 0 Å². The Bertz CT molecular complexity index is 1020. The van der Waals surface area contributed by atoms with E-state index in [-0.39, 0.29) is 28.6 Å². The van der Waals surface area contributed by atoms with Gasteiger partial charge < -0.3 is 10.6 Å². The molecule has 3 aliphatic rings. The molecular weight excluding hydrogens is 378 g/mol. The van der Waals surface area contributed by atoms with Gasteiger partial charge in [0.2, 0.25) is 0 Å². The highest BCUT2D eigenvalue weighted by molar-refractivity contribution is 6.08. The summed E-state index contributed by atoms with van der Waals surface area (Å²) in [6, 6.07) is 15.5. The first kappa shape index (κ1) is 18.9. The molecule has 1 atom stereocenters. The van der Waals surface area contributed by atoms with E-state index in [4.69, 9.17) is 0 Å². The van der Waals surface area contributed by atoms with Gasteiger partial charge >= 0.3 is 6.03 Å². The van der Waals surface area contributed by atoms with Crippen LogP contribution in [0.15, 0.2) is 48.5 Å². The molecule has 3 N–H and O–H groups in total. The Morgan fingerprint density at radius 2 is 1.77 bits per heavy atom. The number of hydrogen-bond acceptors (Lipinski definition) is 3. The molecule has 3 fully saturated rings. The molecule has 30 heavy (non-hydrogen) atoms. The van der Waals surface area contributed by atoms with Crippen molar-refractivity contribution < 1.29 is 18.7 Å². The monoisotopic (exact) mass is 409 g/mol. The Morgan fingerprint density at radius 1 is 1.03 bits per heavy atom. The van der Waals surface area contributed by atoms with Crippen molar-refractivity contribution >= 4 is 17.8 Å². The molecule has 6 heteroatoms. The Labute approximate surface area is 179 Å². The number of amides is 4. The van der Waals surface area contributed by atoms with Crippen LogP contribution in [0.3, 0.4) is 0 Å². The molecule has 2 aromatic rings. The van der Waals surface area contributed by atoms with Crippen LogP contribution in [-0.4, -0.2) is 29.9 Å². The summed E-state index contributed by atoms with van der Waals surface area (Å²) in [5.74, 6) is 0.139. The van der Waals surface area contributed by atoms with Crippen molar-refractivity contribution in [3.8, 4) is 11.1 Å². The van der Waals surface area contributed by atoms with Gasteiger partial charge in [0.15, 0.2) is 0 Å². The van der Waals surface area contributed by atoms with Crippen LogP contribution in [0.25, 0.3) is 11.1 Å². The summed E-state index contributed by atoms with van der Waals surface area (Å²) >= 11 is 0. The van der Waals surface area contributed by atoms with E-state index in [1.54, 1.807) is 6.07 Å². The number of rotatable bonds is 6. The Hall–Kier alpha value is -3.15. The van der Waals surface area contributed by atoms with Crippen LogP contribution >= 0.6 is 0 Å². The lowest BCUT2D eigenvalue weighted by atomic mass is 9.80. The van der Waals surface area contributed by atoms with Gasteiger partial charge in [-0.2, -0.15) is 0 Å². The van der Waals surface area contributed by atoms with E-state index >= 15 is 0 Å². The highest BCUT2D eigenvalue weighted by Gasteiger charge is 2.56. The molecule has 6 nitrogen and oxygen atoms in total. The van der Waals surface area contributed by atoms with Crippen molar-refractivity contribution in [3.05, 3.63) is 59.7 Å². The second kappa shape index (κ2) is 7.27. The zero-order valence-electron chi connectivity index (χ0n) is 16.7. The third-order valence-corrected chi connectivity index (χ3v) is 6.74. The Balaban J connectivity index is 0.00000128. The molecular formula is C24H31N3O3. The highest BCUT2D eigenvalue weighted by Crippen LogP contribution is 2.41. The topological polar surface area (TPSA) is 87.3 Å². The summed E-state index contributed by atoms with van der Waals surface area (Å²) in [6.45, 7) is 0.0863. The first-order chi connectivity index (χ1) is 14.6. The second-order valence-corrected chi connectivity index (χ2v) is 8.63. The van der Waals surface area contributed by atoms with Gasteiger partial charge in [0.25, 0.3) is 11.8 Å². The fraction of sp³-hybridized carbons (Fsp3) is 0.375. The average Bonchev–Trinajstić information content (AvgIpc) is 3.52. The zero-order valence-corrected chi connectivity index (χ0v) is 16.7. The number of nitrogens with one attached hydrogen (secondary N) is 3. The third-order valence-electron chi connectivity index (χ3n) is 6.74. The van der Waals surface area contributed by atoms with Crippen LogP contribution in [0.4, 0.5) is 4.79 Å². The summed E-state index contributed by atoms with van der Waals surface area (Å²) in [7, 11) is 0. The minimum absolute atomic E-state index is 0. The largest absolute Gasteiger partial charge is 0.349 e. The van der Waals surface area contributed by atoms with Crippen molar-refractivity contribution in [2.24, 2.45) is 5.92 Å². The maximum Gasteiger partial charge on any atom is 0.322 e. The quantitative estimate of drug-likeness (QED) is 0.628. The molecule has 0 aromatic heterocycles. The number of benzene rings is 2. The summed E-state index contributed by atoms with van der Waals surface area (Å²) in [6.07, 6.45) is 5.55. The lowest BCUT2D eigenvalue weighted by Gasteiger charge is -2.26. The predicted octanol–water partition coefficient (Wildman–Crippen LogP) is 4.08. The Kier molecular flexibility index (Phi) is 4.57. The average molecular weight is 410 g/mol. The number of carbonyl (C=O) groups excluding carboxylic acids is 3. The van der Waals surface area contributed by atoms with Gasteiger partial charge in [0.05, 0.1) is 6.54 Å². The fourth-order valence-electron chi connectivity index (χ4n) is 4.56. The molecule has 0 bridgehead atoms. The van der Waals surface area contributed by atoms with Crippen LogP contribution in [0.5, 0.6) is 0 Å². The third kappa shape index (κ3) is 3.26. The number of hydrogen-bond donors (Lipinski definition) is 3. The molecule has 2 aromatic carbocycles. The maximum atomic E-state index is 13.0. The minimum atomic E-state index is -1.04. The van der Waals surface area contributed by atoms with E-state index in [1.165, 1.54) is 24.8 Å². The second-order valence-electron chi connectivity index (χ2n) is 8.63. The van der Waals surface area contributed by atoms with E-state index in [1.807, 2.05) is 18.2 Å². The van der Waals surface area contributed by atoms with Crippen molar-refractivity contribution in [1.82, 2.24) is 16.0 Å². The van der Waals surface area contributed by atoms with Gasteiger partial charge in [-0.15, -0.1) is 0 Å². The van der Waals surface area contributed by atoms with Crippen LogP contribution in [0, 0.1) is 5.92 Å². The van der Waals surface area contributed by atoms with E-state index in [2.05, 4.69) is 40.2 Å². The fourth-order valence-corrected chi connectivity index (χ4v) is 4.56. The molecule has 1 saturated heterocycles. The van der Waals surface area contributed by atoms with E-state index in [9.17, 15) is 14.4 Å². The molecule has 0 spiro atoms. The molecule has 2 aliphatic carbocycles. The first-order valence-electron chi connectivity index (χ1n) is 10.7. The first-order valence-corrected chi connectivity index (χ1v) is 10.7.